The molecule has 0 spiro atoms. The highest BCUT2D eigenvalue weighted by molar-refractivity contribution is 6.04. The second-order valence-corrected chi connectivity index (χ2v) is 3.89. The molecule has 4 nitrogen and oxygen atoms in total. The minimum Gasteiger partial charge on any atom is -0.310 e. The van der Waals surface area contributed by atoms with Crippen LogP contribution in [0.5, 0.6) is 0 Å². The molecule has 0 saturated carbocycles. The maximum absolute atomic E-state index is 13.1. The minimum atomic E-state index is -0.412. The van der Waals surface area contributed by atoms with Crippen molar-refractivity contribution in [2.75, 3.05) is 11.9 Å². The summed E-state index contributed by atoms with van der Waals surface area (Å²) in [6, 6.07) is 10.6. The number of nitriles is 1. The molecule has 0 atom stereocenters. The standard InChI is InChI=1S/C14H10FN3O/c1-18(12-4-2-3-11(15)7-12)14(19)13-6-5-10(8-16)9-17-13/h2-7,9H,1H3. The van der Waals surface area contributed by atoms with E-state index in [0.29, 0.717) is 11.3 Å². The lowest BCUT2D eigenvalue weighted by Crippen LogP contribution is -2.27. The molecule has 0 fully saturated rings. The van der Waals surface area contributed by atoms with E-state index in [4.69, 9.17) is 5.26 Å². The molecule has 0 radical (unpaired) electrons. The molecule has 0 aliphatic carbocycles. The Hall–Kier alpha value is -2.74. The van der Waals surface area contributed by atoms with Gasteiger partial charge in [-0.05, 0) is 30.3 Å². The summed E-state index contributed by atoms with van der Waals surface area (Å²) in [5.74, 6) is -0.778. The Labute approximate surface area is 109 Å². The summed E-state index contributed by atoms with van der Waals surface area (Å²) in [4.78, 5) is 17.3. The van der Waals surface area contributed by atoms with Crippen molar-refractivity contribution in [3.05, 3.63) is 59.7 Å². The summed E-state index contributed by atoms with van der Waals surface area (Å²) >= 11 is 0. The number of amides is 1. The molecule has 0 bridgehead atoms. The van der Waals surface area contributed by atoms with Crippen LogP contribution in [-0.2, 0) is 0 Å². The number of pyridine rings is 1. The molecule has 0 aliphatic rings. The van der Waals surface area contributed by atoms with Crippen molar-refractivity contribution in [2.45, 2.75) is 0 Å². The van der Waals surface area contributed by atoms with Crippen LogP contribution in [0.3, 0.4) is 0 Å². The fraction of sp³-hybridized carbons (Fsp3) is 0.0714. The molecular weight excluding hydrogens is 245 g/mol. The minimum absolute atomic E-state index is 0.200. The van der Waals surface area contributed by atoms with Gasteiger partial charge in [-0.3, -0.25) is 4.79 Å². The van der Waals surface area contributed by atoms with Crippen molar-refractivity contribution >= 4 is 11.6 Å². The quantitative estimate of drug-likeness (QED) is 0.827. The van der Waals surface area contributed by atoms with E-state index >= 15 is 0 Å². The summed E-state index contributed by atoms with van der Waals surface area (Å²) in [5, 5.41) is 8.66. The van der Waals surface area contributed by atoms with Gasteiger partial charge in [-0.25, -0.2) is 9.37 Å². The van der Waals surface area contributed by atoms with E-state index in [-0.39, 0.29) is 11.6 Å². The Morgan fingerprint density at radius 1 is 1.37 bits per heavy atom. The van der Waals surface area contributed by atoms with E-state index in [2.05, 4.69) is 4.98 Å². The molecule has 1 aromatic heterocycles. The summed E-state index contributed by atoms with van der Waals surface area (Å²) in [7, 11) is 1.54. The van der Waals surface area contributed by atoms with Gasteiger partial charge in [0.2, 0.25) is 0 Å². The van der Waals surface area contributed by atoms with Gasteiger partial charge in [-0.15, -0.1) is 0 Å². The van der Waals surface area contributed by atoms with Gasteiger partial charge in [0.1, 0.15) is 17.6 Å². The Kier molecular flexibility index (Phi) is 3.53. The lowest BCUT2D eigenvalue weighted by atomic mass is 10.2. The van der Waals surface area contributed by atoms with Crippen molar-refractivity contribution < 1.29 is 9.18 Å². The average Bonchev–Trinajstić information content (AvgIpc) is 2.46. The van der Waals surface area contributed by atoms with Crippen molar-refractivity contribution in [2.24, 2.45) is 0 Å². The van der Waals surface area contributed by atoms with Crippen LogP contribution in [0.15, 0.2) is 42.6 Å². The van der Waals surface area contributed by atoms with Crippen molar-refractivity contribution in [3.63, 3.8) is 0 Å². The number of rotatable bonds is 2. The molecule has 0 saturated heterocycles. The van der Waals surface area contributed by atoms with E-state index in [1.807, 2.05) is 6.07 Å². The third-order valence-electron chi connectivity index (χ3n) is 2.61. The van der Waals surface area contributed by atoms with Gasteiger partial charge in [0.05, 0.1) is 5.56 Å². The monoisotopic (exact) mass is 255 g/mol. The average molecular weight is 255 g/mol. The summed E-state index contributed by atoms with van der Waals surface area (Å²) in [6.45, 7) is 0. The number of halogens is 1. The molecular formula is C14H10FN3O. The zero-order valence-electron chi connectivity index (χ0n) is 10.2. The Morgan fingerprint density at radius 2 is 2.16 bits per heavy atom. The largest absolute Gasteiger partial charge is 0.310 e. The van der Waals surface area contributed by atoms with Crippen LogP contribution < -0.4 is 4.90 Å². The first-order valence-electron chi connectivity index (χ1n) is 5.51. The van der Waals surface area contributed by atoms with E-state index in [9.17, 15) is 9.18 Å². The second kappa shape index (κ2) is 5.27. The number of benzene rings is 1. The lowest BCUT2D eigenvalue weighted by molar-refractivity contribution is 0.0988. The van der Waals surface area contributed by atoms with Crippen LogP contribution in [0.1, 0.15) is 16.1 Å². The van der Waals surface area contributed by atoms with Gasteiger partial charge < -0.3 is 4.90 Å². The molecule has 1 amide bonds. The summed E-state index contributed by atoms with van der Waals surface area (Å²) < 4.78 is 13.1. The van der Waals surface area contributed by atoms with E-state index in [0.717, 1.165) is 0 Å². The first-order valence-corrected chi connectivity index (χ1v) is 5.51. The first-order chi connectivity index (χ1) is 9.11. The van der Waals surface area contributed by atoms with Gasteiger partial charge in [0, 0.05) is 18.9 Å². The van der Waals surface area contributed by atoms with Gasteiger partial charge in [0.15, 0.2) is 0 Å². The van der Waals surface area contributed by atoms with Crippen LogP contribution in [0.2, 0.25) is 0 Å². The molecule has 19 heavy (non-hydrogen) atoms. The van der Waals surface area contributed by atoms with Gasteiger partial charge >= 0.3 is 0 Å². The van der Waals surface area contributed by atoms with Crippen molar-refractivity contribution in [1.82, 2.24) is 4.98 Å². The van der Waals surface area contributed by atoms with Crippen LogP contribution in [-0.4, -0.2) is 17.9 Å². The third-order valence-corrected chi connectivity index (χ3v) is 2.61. The normalized spacial score (nSPS) is 9.74. The van der Waals surface area contributed by atoms with E-state index in [1.165, 1.54) is 48.5 Å². The molecule has 0 aliphatic heterocycles. The number of nitrogens with zero attached hydrogens (tertiary/aromatic N) is 3. The molecule has 0 N–H and O–H groups in total. The van der Waals surface area contributed by atoms with E-state index < -0.39 is 5.82 Å². The third kappa shape index (κ3) is 2.75. The summed E-state index contributed by atoms with van der Waals surface area (Å²) in [6.07, 6.45) is 1.33. The molecule has 1 heterocycles. The van der Waals surface area contributed by atoms with E-state index in [1.54, 1.807) is 6.07 Å². The maximum Gasteiger partial charge on any atom is 0.276 e. The number of carbonyl (C=O) groups is 1. The number of hydrogen-bond donors (Lipinski definition) is 0. The van der Waals surface area contributed by atoms with Crippen LogP contribution >= 0.6 is 0 Å². The predicted octanol–water partition coefficient (Wildman–Crippen LogP) is 2.37. The highest BCUT2D eigenvalue weighted by Crippen LogP contribution is 2.16. The topological polar surface area (TPSA) is 57.0 Å². The molecule has 2 aromatic rings. The van der Waals surface area contributed by atoms with Crippen molar-refractivity contribution in [3.8, 4) is 6.07 Å². The highest BCUT2D eigenvalue weighted by atomic mass is 19.1. The first kappa shape index (κ1) is 12.7. The molecule has 94 valence electrons. The zero-order valence-corrected chi connectivity index (χ0v) is 10.2. The van der Waals surface area contributed by atoms with Crippen LogP contribution in [0.25, 0.3) is 0 Å². The van der Waals surface area contributed by atoms with Gasteiger partial charge in [0.25, 0.3) is 5.91 Å². The molecule has 5 heteroatoms. The lowest BCUT2D eigenvalue weighted by Gasteiger charge is -2.16. The number of carbonyl (C=O) groups excluding carboxylic acids is 1. The summed E-state index contributed by atoms with van der Waals surface area (Å²) in [5.41, 5.74) is 1.02. The molecule has 2 rings (SSSR count). The van der Waals surface area contributed by atoms with Crippen LogP contribution in [0.4, 0.5) is 10.1 Å². The Bertz CT molecular complexity index is 646. The Morgan fingerprint density at radius 3 is 2.74 bits per heavy atom. The number of aromatic nitrogens is 1. The molecule has 0 unspecified atom stereocenters. The second-order valence-electron chi connectivity index (χ2n) is 3.89. The van der Waals surface area contributed by atoms with Crippen molar-refractivity contribution in [1.29, 1.82) is 5.26 Å². The maximum atomic E-state index is 13.1. The number of hydrogen-bond acceptors (Lipinski definition) is 3. The smallest absolute Gasteiger partial charge is 0.276 e. The fourth-order valence-corrected chi connectivity index (χ4v) is 1.56. The SMILES string of the molecule is CN(C(=O)c1ccc(C#N)cn1)c1cccc(F)c1. The highest BCUT2D eigenvalue weighted by Gasteiger charge is 2.15. The predicted molar refractivity (Wildman–Crippen MR) is 68.1 cm³/mol. The zero-order chi connectivity index (χ0) is 13.8. The van der Waals surface area contributed by atoms with Gasteiger partial charge in [-0.1, -0.05) is 6.07 Å². The van der Waals surface area contributed by atoms with Crippen LogP contribution in [0, 0.1) is 17.1 Å². The number of anilines is 1. The fourth-order valence-electron chi connectivity index (χ4n) is 1.56. The Balaban J connectivity index is 2.26. The molecule has 1 aromatic carbocycles. The van der Waals surface area contributed by atoms with Gasteiger partial charge in [-0.2, -0.15) is 5.26 Å².